The van der Waals surface area contributed by atoms with Crippen LogP contribution in [0.2, 0.25) is 0 Å². The van der Waals surface area contributed by atoms with E-state index in [0.29, 0.717) is 5.92 Å². The van der Waals surface area contributed by atoms with Gasteiger partial charge in [0.25, 0.3) is 5.91 Å². The highest BCUT2D eigenvalue weighted by atomic mass is 16.6. The minimum Gasteiger partial charge on any atom is -0.455 e. The van der Waals surface area contributed by atoms with Gasteiger partial charge in [-0.1, -0.05) is 19.8 Å². The van der Waals surface area contributed by atoms with Crippen molar-refractivity contribution in [3.05, 3.63) is 10.1 Å². The Morgan fingerprint density at radius 1 is 1.33 bits per heavy atom. The van der Waals surface area contributed by atoms with Crippen LogP contribution in [0.4, 0.5) is 0 Å². The minimum absolute atomic E-state index is 0.192. The summed E-state index contributed by atoms with van der Waals surface area (Å²) < 4.78 is 4.92. The number of nitrogens with zero attached hydrogens (tertiary/aromatic N) is 2. The molecule has 2 rings (SSSR count). The molecule has 0 bridgehead atoms. The molecule has 0 heterocycles. The number of likely N-dealkylation sites (N-methyl/N-ethyl adjacent to an activating group) is 1. The van der Waals surface area contributed by atoms with Crippen LogP contribution in [0.25, 0.3) is 0 Å². The summed E-state index contributed by atoms with van der Waals surface area (Å²) in [4.78, 5) is 35.3. The maximum Gasteiger partial charge on any atom is 0.316 e. The van der Waals surface area contributed by atoms with Crippen LogP contribution in [-0.4, -0.2) is 47.4 Å². The fourth-order valence-electron chi connectivity index (χ4n) is 3.07. The highest BCUT2D eigenvalue weighted by molar-refractivity contribution is 5.82. The third kappa shape index (κ3) is 3.71. The summed E-state index contributed by atoms with van der Waals surface area (Å²) in [5.41, 5.74) is 0. The molecule has 1 amide bonds. The largest absolute Gasteiger partial charge is 0.455 e. The summed E-state index contributed by atoms with van der Waals surface area (Å²) in [6.45, 7) is 1.81. The van der Waals surface area contributed by atoms with Gasteiger partial charge in [-0.25, -0.2) is 0 Å². The zero-order valence-electron chi connectivity index (χ0n) is 12.5. The fraction of sp³-hybridized carbons (Fsp3) is 0.857. The average molecular weight is 298 g/mol. The SMILES string of the molecule is C[C@@H]1CCCC[C@@H]1N(C)C(=O)COC(=O)[C@@H]1C[C@@H]1[N+](=O)[O-]. The molecule has 0 radical (unpaired) electrons. The van der Waals surface area contributed by atoms with E-state index in [0.717, 1.165) is 19.3 Å². The van der Waals surface area contributed by atoms with E-state index in [1.54, 1.807) is 11.9 Å². The van der Waals surface area contributed by atoms with Gasteiger partial charge < -0.3 is 9.64 Å². The van der Waals surface area contributed by atoms with Crippen molar-refractivity contribution in [2.45, 2.75) is 51.1 Å². The van der Waals surface area contributed by atoms with Gasteiger partial charge in [0.05, 0.1) is 0 Å². The predicted octanol–water partition coefficient (Wildman–Crippen LogP) is 1.23. The molecule has 0 spiro atoms. The summed E-state index contributed by atoms with van der Waals surface area (Å²) in [6.07, 6.45) is 4.60. The van der Waals surface area contributed by atoms with Gasteiger partial charge in [-0.15, -0.1) is 0 Å². The molecule has 0 unspecified atom stereocenters. The molecule has 2 saturated carbocycles. The van der Waals surface area contributed by atoms with Gasteiger partial charge in [-0.3, -0.25) is 19.7 Å². The molecule has 0 aromatic heterocycles. The number of nitro groups is 1. The van der Waals surface area contributed by atoms with Crippen molar-refractivity contribution in [3.8, 4) is 0 Å². The second kappa shape index (κ2) is 6.41. The van der Waals surface area contributed by atoms with E-state index >= 15 is 0 Å². The Hall–Kier alpha value is -1.66. The van der Waals surface area contributed by atoms with Gasteiger partial charge in [0.1, 0.15) is 5.92 Å². The van der Waals surface area contributed by atoms with Gasteiger partial charge in [0.2, 0.25) is 6.04 Å². The Morgan fingerprint density at radius 3 is 2.57 bits per heavy atom. The monoisotopic (exact) mass is 298 g/mol. The van der Waals surface area contributed by atoms with Crippen LogP contribution in [0.5, 0.6) is 0 Å². The standard InChI is InChI=1S/C14H22N2O5/c1-9-5-3-4-6-11(9)15(2)13(17)8-21-14(18)10-7-12(10)16(19)20/h9-12H,3-8H2,1-2H3/t9-,10-,11+,12+/m1/s1. The molecule has 0 saturated heterocycles. The lowest BCUT2D eigenvalue weighted by Gasteiger charge is -2.36. The van der Waals surface area contributed by atoms with Crippen molar-refractivity contribution in [3.63, 3.8) is 0 Å². The first-order chi connectivity index (χ1) is 9.91. The molecule has 2 aliphatic carbocycles. The Bertz CT molecular complexity index is 439. The molecule has 0 aliphatic heterocycles. The first-order valence-corrected chi connectivity index (χ1v) is 7.47. The molecular formula is C14H22N2O5. The van der Waals surface area contributed by atoms with Crippen LogP contribution >= 0.6 is 0 Å². The smallest absolute Gasteiger partial charge is 0.316 e. The highest BCUT2D eigenvalue weighted by Gasteiger charge is 2.54. The van der Waals surface area contributed by atoms with E-state index in [4.69, 9.17) is 4.74 Å². The van der Waals surface area contributed by atoms with E-state index in [1.165, 1.54) is 6.42 Å². The van der Waals surface area contributed by atoms with Crippen molar-refractivity contribution in [2.75, 3.05) is 13.7 Å². The van der Waals surface area contributed by atoms with E-state index in [9.17, 15) is 19.7 Å². The summed E-state index contributed by atoms with van der Waals surface area (Å²) >= 11 is 0. The number of hydrogen-bond donors (Lipinski definition) is 0. The van der Waals surface area contributed by atoms with Gasteiger partial charge in [0.15, 0.2) is 6.61 Å². The Balaban J connectivity index is 1.76. The lowest BCUT2D eigenvalue weighted by Crippen LogP contribution is -2.44. The molecule has 21 heavy (non-hydrogen) atoms. The zero-order chi connectivity index (χ0) is 15.6. The Morgan fingerprint density at radius 2 is 2.00 bits per heavy atom. The molecule has 2 fully saturated rings. The molecule has 0 aromatic rings. The maximum atomic E-state index is 12.1. The average Bonchev–Trinajstić information content (AvgIpc) is 3.24. The number of ether oxygens (including phenoxy) is 1. The molecular weight excluding hydrogens is 276 g/mol. The van der Waals surface area contributed by atoms with Crippen molar-refractivity contribution < 1.29 is 19.2 Å². The zero-order valence-corrected chi connectivity index (χ0v) is 12.5. The number of esters is 1. The second-order valence-corrected chi connectivity index (χ2v) is 6.14. The third-order valence-electron chi connectivity index (χ3n) is 4.63. The minimum atomic E-state index is -0.830. The quantitative estimate of drug-likeness (QED) is 0.432. The summed E-state index contributed by atoms with van der Waals surface area (Å²) in [5, 5.41) is 10.5. The second-order valence-electron chi connectivity index (χ2n) is 6.14. The Kier molecular flexibility index (Phi) is 4.80. The molecule has 4 atom stereocenters. The van der Waals surface area contributed by atoms with Crippen LogP contribution in [-0.2, 0) is 14.3 Å². The van der Waals surface area contributed by atoms with Crippen LogP contribution in [0, 0.1) is 22.0 Å². The lowest BCUT2D eigenvalue weighted by atomic mass is 9.85. The van der Waals surface area contributed by atoms with E-state index in [2.05, 4.69) is 6.92 Å². The number of rotatable bonds is 5. The summed E-state index contributed by atoms with van der Waals surface area (Å²) in [7, 11) is 1.74. The van der Waals surface area contributed by atoms with Crippen molar-refractivity contribution >= 4 is 11.9 Å². The topological polar surface area (TPSA) is 89.8 Å². The highest BCUT2D eigenvalue weighted by Crippen LogP contribution is 2.34. The Labute approximate surface area is 123 Å². The van der Waals surface area contributed by atoms with Gasteiger partial charge >= 0.3 is 5.97 Å². The van der Waals surface area contributed by atoms with Crippen LogP contribution in [0.3, 0.4) is 0 Å². The van der Waals surface area contributed by atoms with Gasteiger partial charge in [-0.05, 0) is 18.8 Å². The molecule has 0 aromatic carbocycles. The van der Waals surface area contributed by atoms with Crippen LogP contribution in [0.1, 0.15) is 39.0 Å². The van der Waals surface area contributed by atoms with E-state index < -0.39 is 22.9 Å². The van der Waals surface area contributed by atoms with Crippen molar-refractivity contribution in [2.24, 2.45) is 11.8 Å². The van der Waals surface area contributed by atoms with Crippen molar-refractivity contribution in [1.82, 2.24) is 4.90 Å². The summed E-state index contributed by atoms with van der Waals surface area (Å²) in [5.74, 6) is -1.09. The van der Waals surface area contributed by atoms with Crippen molar-refractivity contribution in [1.29, 1.82) is 0 Å². The van der Waals surface area contributed by atoms with Gasteiger partial charge in [-0.2, -0.15) is 0 Å². The first kappa shape index (κ1) is 15.7. The molecule has 7 nitrogen and oxygen atoms in total. The van der Waals surface area contributed by atoms with Crippen LogP contribution in [0.15, 0.2) is 0 Å². The number of hydrogen-bond acceptors (Lipinski definition) is 5. The third-order valence-corrected chi connectivity index (χ3v) is 4.63. The molecule has 2 aliphatic rings. The maximum absolute atomic E-state index is 12.1. The van der Waals surface area contributed by atoms with E-state index in [1.807, 2.05) is 0 Å². The molecule has 118 valence electrons. The molecule has 7 heteroatoms. The number of amides is 1. The first-order valence-electron chi connectivity index (χ1n) is 7.47. The molecule has 0 N–H and O–H groups in total. The van der Waals surface area contributed by atoms with Crippen LogP contribution < -0.4 is 0 Å². The van der Waals surface area contributed by atoms with Gasteiger partial charge in [0, 0.05) is 24.4 Å². The predicted molar refractivity (Wildman–Crippen MR) is 74.0 cm³/mol. The number of carbonyl (C=O) groups excluding carboxylic acids is 2. The number of carbonyl (C=O) groups is 2. The fourth-order valence-corrected chi connectivity index (χ4v) is 3.07. The van der Waals surface area contributed by atoms with E-state index in [-0.39, 0.29) is 25.0 Å². The lowest BCUT2D eigenvalue weighted by molar-refractivity contribution is -0.497. The normalized spacial score (nSPS) is 31.3. The summed E-state index contributed by atoms with van der Waals surface area (Å²) in [6, 6.07) is -0.638.